The fraction of sp³-hybridized carbons (Fsp3) is 0.900. The third-order valence-electron chi connectivity index (χ3n) is 3.55. The number of hydrogen-bond donors (Lipinski definition) is 1. The molecular weight excluding hydrogens is 150 g/mol. The number of carbonyl (C=O) groups is 1. The highest BCUT2D eigenvalue weighted by Gasteiger charge is 2.40. The molecule has 1 atom stereocenters. The molecule has 0 spiro atoms. The van der Waals surface area contributed by atoms with Crippen LogP contribution in [0.1, 0.15) is 45.4 Å². The zero-order chi connectivity index (χ0) is 8.60. The molecule has 1 N–H and O–H groups in total. The standard InChI is InChI=1S/C10H17NO/c1-10(7-6-9(12)11-10)8-4-2-3-5-8/h8H,2-7H2,1H3,(H,11,12). The van der Waals surface area contributed by atoms with E-state index in [2.05, 4.69) is 12.2 Å². The van der Waals surface area contributed by atoms with Crippen molar-refractivity contribution in [2.75, 3.05) is 0 Å². The van der Waals surface area contributed by atoms with Crippen LogP contribution in [0.5, 0.6) is 0 Å². The van der Waals surface area contributed by atoms with Crippen molar-refractivity contribution in [3.63, 3.8) is 0 Å². The Bertz CT molecular complexity index is 196. The second-order valence-corrected chi connectivity index (χ2v) is 4.45. The van der Waals surface area contributed by atoms with Gasteiger partial charge in [-0.05, 0) is 32.1 Å². The molecule has 1 aliphatic heterocycles. The Morgan fingerprint density at radius 3 is 2.58 bits per heavy atom. The van der Waals surface area contributed by atoms with Crippen molar-refractivity contribution < 1.29 is 4.79 Å². The summed E-state index contributed by atoms with van der Waals surface area (Å²) in [5.74, 6) is 1.01. The van der Waals surface area contributed by atoms with Crippen LogP contribution in [-0.2, 0) is 4.79 Å². The van der Waals surface area contributed by atoms with Crippen LogP contribution in [0.2, 0.25) is 0 Å². The van der Waals surface area contributed by atoms with Gasteiger partial charge in [0.25, 0.3) is 0 Å². The minimum absolute atomic E-state index is 0.146. The molecule has 1 amide bonds. The van der Waals surface area contributed by atoms with Gasteiger partial charge in [-0.2, -0.15) is 0 Å². The van der Waals surface area contributed by atoms with Crippen molar-refractivity contribution in [2.45, 2.75) is 51.0 Å². The van der Waals surface area contributed by atoms with Gasteiger partial charge in [0.2, 0.25) is 5.91 Å². The van der Waals surface area contributed by atoms with Gasteiger partial charge in [-0.25, -0.2) is 0 Å². The van der Waals surface area contributed by atoms with Gasteiger partial charge >= 0.3 is 0 Å². The summed E-state index contributed by atoms with van der Waals surface area (Å²) >= 11 is 0. The highest BCUT2D eigenvalue weighted by atomic mass is 16.2. The Kier molecular flexibility index (Phi) is 1.85. The number of rotatable bonds is 1. The number of hydrogen-bond acceptors (Lipinski definition) is 1. The van der Waals surface area contributed by atoms with Crippen molar-refractivity contribution in [1.82, 2.24) is 5.32 Å². The molecule has 2 rings (SSSR count). The van der Waals surface area contributed by atoms with E-state index in [1.807, 2.05) is 0 Å². The van der Waals surface area contributed by atoms with E-state index in [0.717, 1.165) is 18.8 Å². The van der Waals surface area contributed by atoms with Crippen molar-refractivity contribution in [1.29, 1.82) is 0 Å². The van der Waals surface area contributed by atoms with E-state index in [-0.39, 0.29) is 11.4 Å². The van der Waals surface area contributed by atoms with Gasteiger partial charge in [-0.3, -0.25) is 4.79 Å². The summed E-state index contributed by atoms with van der Waals surface area (Å²) in [4.78, 5) is 11.1. The third-order valence-corrected chi connectivity index (χ3v) is 3.55. The van der Waals surface area contributed by atoms with Crippen LogP contribution in [0.15, 0.2) is 0 Å². The first-order valence-electron chi connectivity index (χ1n) is 5.02. The lowest BCUT2D eigenvalue weighted by atomic mass is 9.83. The Hall–Kier alpha value is -0.530. The SMILES string of the molecule is CC1(C2CCCC2)CCC(=O)N1. The summed E-state index contributed by atoms with van der Waals surface area (Å²) in [7, 11) is 0. The fourth-order valence-electron chi connectivity index (χ4n) is 2.69. The monoisotopic (exact) mass is 167 g/mol. The van der Waals surface area contributed by atoms with Gasteiger partial charge < -0.3 is 5.32 Å². The van der Waals surface area contributed by atoms with Crippen molar-refractivity contribution in [3.8, 4) is 0 Å². The van der Waals surface area contributed by atoms with Gasteiger partial charge in [0.15, 0.2) is 0 Å². The second-order valence-electron chi connectivity index (χ2n) is 4.45. The van der Waals surface area contributed by atoms with Gasteiger partial charge in [-0.1, -0.05) is 12.8 Å². The molecule has 1 aliphatic carbocycles. The Morgan fingerprint density at radius 2 is 2.08 bits per heavy atom. The molecule has 0 bridgehead atoms. The lowest BCUT2D eigenvalue weighted by Gasteiger charge is -2.30. The summed E-state index contributed by atoms with van der Waals surface area (Å²) in [5.41, 5.74) is 0.146. The van der Waals surface area contributed by atoms with E-state index in [1.54, 1.807) is 0 Å². The van der Waals surface area contributed by atoms with Gasteiger partial charge in [0, 0.05) is 12.0 Å². The molecule has 0 aromatic rings. The molecule has 2 fully saturated rings. The first-order valence-corrected chi connectivity index (χ1v) is 5.02. The molecule has 1 heterocycles. The van der Waals surface area contributed by atoms with E-state index in [1.165, 1.54) is 25.7 Å². The molecule has 1 unspecified atom stereocenters. The Morgan fingerprint density at radius 1 is 1.42 bits per heavy atom. The van der Waals surface area contributed by atoms with E-state index in [9.17, 15) is 4.79 Å². The molecule has 0 radical (unpaired) electrons. The largest absolute Gasteiger partial charge is 0.351 e. The lowest BCUT2D eigenvalue weighted by molar-refractivity contribution is -0.120. The van der Waals surface area contributed by atoms with Crippen LogP contribution in [0.25, 0.3) is 0 Å². The molecule has 0 aromatic heterocycles. The molecule has 68 valence electrons. The predicted molar refractivity (Wildman–Crippen MR) is 47.7 cm³/mol. The quantitative estimate of drug-likeness (QED) is 0.634. The summed E-state index contributed by atoms with van der Waals surface area (Å²) < 4.78 is 0. The number of nitrogens with one attached hydrogen (secondary N) is 1. The molecule has 1 saturated heterocycles. The average Bonchev–Trinajstić information content (AvgIpc) is 2.59. The highest BCUT2D eigenvalue weighted by molar-refractivity contribution is 5.79. The minimum atomic E-state index is 0.146. The van der Waals surface area contributed by atoms with Crippen molar-refractivity contribution in [2.24, 2.45) is 5.92 Å². The smallest absolute Gasteiger partial charge is 0.220 e. The van der Waals surface area contributed by atoms with E-state index < -0.39 is 0 Å². The minimum Gasteiger partial charge on any atom is -0.351 e. The van der Waals surface area contributed by atoms with Crippen LogP contribution >= 0.6 is 0 Å². The molecule has 2 nitrogen and oxygen atoms in total. The van der Waals surface area contributed by atoms with Crippen LogP contribution in [-0.4, -0.2) is 11.4 Å². The van der Waals surface area contributed by atoms with Crippen LogP contribution in [0, 0.1) is 5.92 Å². The van der Waals surface area contributed by atoms with Crippen LogP contribution < -0.4 is 5.32 Å². The summed E-state index contributed by atoms with van der Waals surface area (Å²) in [5, 5.41) is 3.13. The van der Waals surface area contributed by atoms with Gasteiger partial charge in [-0.15, -0.1) is 0 Å². The fourth-order valence-corrected chi connectivity index (χ4v) is 2.69. The highest BCUT2D eigenvalue weighted by Crippen LogP contribution is 2.38. The summed E-state index contributed by atoms with van der Waals surface area (Å²) in [6.07, 6.45) is 7.14. The predicted octanol–water partition coefficient (Wildman–Crippen LogP) is 1.85. The topological polar surface area (TPSA) is 29.1 Å². The summed E-state index contributed by atoms with van der Waals surface area (Å²) in [6, 6.07) is 0. The lowest BCUT2D eigenvalue weighted by Crippen LogP contribution is -2.44. The van der Waals surface area contributed by atoms with Gasteiger partial charge in [0.05, 0.1) is 0 Å². The Balaban J connectivity index is 2.05. The molecule has 0 aromatic carbocycles. The number of carbonyl (C=O) groups excluding carboxylic acids is 1. The van der Waals surface area contributed by atoms with Crippen LogP contribution in [0.4, 0.5) is 0 Å². The zero-order valence-electron chi connectivity index (χ0n) is 7.73. The maximum Gasteiger partial charge on any atom is 0.220 e. The second kappa shape index (κ2) is 2.75. The number of amides is 1. The van der Waals surface area contributed by atoms with Crippen molar-refractivity contribution in [3.05, 3.63) is 0 Å². The third kappa shape index (κ3) is 1.23. The zero-order valence-corrected chi connectivity index (χ0v) is 7.73. The normalized spacial score (nSPS) is 37.2. The van der Waals surface area contributed by atoms with Crippen molar-refractivity contribution >= 4 is 5.91 Å². The average molecular weight is 167 g/mol. The van der Waals surface area contributed by atoms with Crippen LogP contribution in [0.3, 0.4) is 0 Å². The molecular formula is C10H17NO. The first-order chi connectivity index (χ1) is 5.71. The molecule has 2 aliphatic rings. The van der Waals surface area contributed by atoms with E-state index in [0.29, 0.717) is 0 Å². The Labute approximate surface area is 73.7 Å². The maximum atomic E-state index is 11.1. The van der Waals surface area contributed by atoms with E-state index in [4.69, 9.17) is 0 Å². The molecule has 2 heteroatoms. The van der Waals surface area contributed by atoms with E-state index >= 15 is 0 Å². The molecule has 1 saturated carbocycles. The molecule has 12 heavy (non-hydrogen) atoms. The summed E-state index contributed by atoms with van der Waals surface area (Å²) in [6.45, 7) is 2.22. The first kappa shape index (κ1) is 8.09. The van der Waals surface area contributed by atoms with Gasteiger partial charge in [0.1, 0.15) is 0 Å². The maximum absolute atomic E-state index is 11.1.